The second-order valence-electron chi connectivity index (χ2n) is 7.91. The predicted octanol–water partition coefficient (Wildman–Crippen LogP) is 3.67. The van der Waals surface area contributed by atoms with Gasteiger partial charge in [-0.25, -0.2) is 9.67 Å². The van der Waals surface area contributed by atoms with Crippen LogP contribution in [0.15, 0.2) is 48.8 Å². The van der Waals surface area contributed by atoms with Gasteiger partial charge in [0.05, 0.1) is 30.7 Å². The first kappa shape index (κ1) is 16.5. The highest BCUT2D eigenvalue weighted by Gasteiger charge is 2.22. The molecule has 0 amide bonds. The van der Waals surface area contributed by atoms with Crippen molar-refractivity contribution in [1.29, 1.82) is 0 Å². The van der Waals surface area contributed by atoms with Crippen LogP contribution in [0.25, 0.3) is 28.0 Å². The van der Waals surface area contributed by atoms with E-state index in [-0.39, 0.29) is 0 Å². The average Bonchev–Trinajstić information content (AvgIpc) is 3.43. The van der Waals surface area contributed by atoms with Crippen LogP contribution in [0.3, 0.4) is 0 Å². The Kier molecular flexibility index (Phi) is 3.81. The van der Waals surface area contributed by atoms with Gasteiger partial charge in [0.15, 0.2) is 0 Å². The van der Waals surface area contributed by atoms with Crippen molar-refractivity contribution in [2.75, 3.05) is 20.2 Å². The smallest absolute Gasteiger partial charge is 0.147 e. The van der Waals surface area contributed by atoms with Crippen molar-refractivity contribution in [2.24, 2.45) is 0 Å². The van der Waals surface area contributed by atoms with E-state index in [1.54, 1.807) is 19.5 Å². The van der Waals surface area contributed by atoms with Crippen LogP contribution in [-0.4, -0.2) is 39.9 Å². The van der Waals surface area contributed by atoms with Crippen LogP contribution >= 0.6 is 0 Å². The lowest BCUT2D eigenvalue weighted by Gasteiger charge is -2.26. The number of ether oxygens (including phenoxy) is 1. The zero-order chi connectivity index (χ0) is 21.0. The first-order valence-corrected chi connectivity index (χ1v) is 10.4. The van der Waals surface area contributed by atoms with E-state index in [1.165, 1.54) is 17.5 Å². The highest BCUT2D eigenvalue weighted by Crippen LogP contribution is 2.37. The van der Waals surface area contributed by atoms with Crippen molar-refractivity contribution >= 4 is 11.0 Å². The molecule has 1 aromatic carbocycles. The molecule has 0 atom stereocenters. The number of hydrogen-bond donors (Lipinski definition) is 1. The Morgan fingerprint density at radius 2 is 2.10 bits per heavy atom. The van der Waals surface area contributed by atoms with Crippen LogP contribution in [0.2, 0.25) is 0 Å². The minimum absolute atomic E-state index is 0.625. The fraction of sp³-hybridized carbons (Fsp3) is 0.292. The summed E-state index contributed by atoms with van der Waals surface area (Å²) in [7, 11) is 1.69. The van der Waals surface area contributed by atoms with E-state index in [0.29, 0.717) is 13.1 Å². The number of pyridine rings is 2. The molecule has 4 aromatic rings. The monoisotopic (exact) mass is 398 g/mol. The second kappa shape index (κ2) is 6.92. The quantitative estimate of drug-likeness (QED) is 0.568. The van der Waals surface area contributed by atoms with Gasteiger partial charge in [-0.3, -0.25) is 4.98 Å². The third kappa shape index (κ3) is 2.71. The van der Waals surface area contributed by atoms with Gasteiger partial charge in [0.2, 0.25) is 0 Å². The van der Waals surface area contributed by atoms with Gasteiger partial charge in [0.1, 0.15) is 17.0 Å². The third-order valence-electron chi connectivity index (χ3n) is 6.17. The standard InChI is InChI=1S/C24H23N5O/c1-30-23-10-22-21(28-24(23)19-7-3-5-15-4-2-6-18(15)19)14-27-29(22)17-8-9-20(26-13-17)16-11-25-12-16/h3,5,7-10,13-14,16,25H,2,4,6,11-12H2,1H3/i16D. The SMILES string of the molecule is [2H]C1(c2ccc(-n3ncc4nc(-c5cccc6c5CCC6)c(OC)cc43)cn2)CNC1. The van der Waals surface area contributed by atoms with Crippen molar-refractivity contribution in [1.82, 2.24) is 25.1 Å². The van der Waals surface area contributed by atoms with Crippen LogP contribution in [0.4, 0.5) is 0 Å². The summed E-state index contributed by atoms with van der Waals surface area (Å²) in [5.74, 6) is 0.116. The molecule has 3 aromatic heterocycles. The molecular formula is C24H23N5O. The fourth-order valence-corrected chi connectivity index (χ4v) is 4.49. The number of nitrogens with one attached hydrogen (secondary N) is 1. The summed E-state index contributed by atoms with van der Waals surface area (Å²) in [4.78, 5) is 9.49. The van der Waals surface area contributed by atoms with Crippen molar-refractivity contribution < 1.29 is 6.11 Å². The molecule has 30 heavy (non-hydrogen) atoms. The minimum atomic E-state index is -0.625. The summed E-state index contributed by atoms with van der Waals surface area (Å²) in [5, 5.41) is 7.72. The molecule has 6 rings (SSSR count). The molecule has 0 saturated carbocycles. The lowest BCUT2D eigenvalue weighted by atomic mass is 9.99. The van der Waals surface area contributed by atoms with Gasteiger partial charge < -0.3 is 10.1 Å². The third-order valence-corrected chi connectivity index (χ3v) is 6.17. The number of nitrogens with zero attached hydrogens (tertiary/aromatic N) is 4. The van der Waals surface area contributed by atoms with Crippen LogP contribution in [0, 0.1) is 0 Å². The van der Waals surface area contributed by atoms with Gasteiger partial charge in [-0.05, 0) is 42.5 Å². The summed E-state index contributed by atoms with van der Waals surface area (Å²) >= 11 is 0. The first-order valence-electron chi connectivity index (χ1n) is 10.9. The zero-order valence-electron chi connectivity index (χ0n) is 17.9. The molecule has 1 aliphatic carbocycles. The van der Waals surface area contributed by atoms with E-state index in [4.69, 9.17) is 11.1 Å². The Labute approximate surface area is 176 Å². The topological polar surface area (TPSA) is 64.9 Å². The number of fused-ring (bicyclic) bond motifs is 2. The number of aromatic nitrogens is 4. The molecule has 1 N–H and O–H groups in total. The Bertz CT molecular complexity index is 1290. The van der Waals surface area contributed by atoms with Gasteiger partial charge in [-0.1, -0.05) is 18.2 Å². The number of hydrogen-bond acceptors (Lipinski definition) is 5. The van der Waals surface area contributed by atoms with Gasteiger partial charge >= 0.3 is 0 Å². The van der Waals surface area contributed by atoms with Crippen molar-refractivity contribution in [3.05, 3.63) is 65.6 Å². The number of aryl methyl sites for hydroxylation is 1. The molecule has 0 unspecified atom stereocenters. The Hall–Kier alpha value is -3.25. The van der Waals surface area contributed by atoms with Gasteiger partial charge in [-0.15, -0.1) is 0 Å². The normalized spacial score (nSPS) is 17.4. The average molecular weight is 398 g/mol. The molecule has 0 spiro atoms. The molecule has 2 aliphatic rings. The lowest BCUT2D eigenvalue weighted by Crippen LogP contribution is -2.40. The summed E-state index contributed by atoms with van der Waals surface area (Å²) in [6.45, 7) is 1.27. The van der Waals surface area contributed by atoms with Crippen molar-refractivity contribution in [3.8, 4) is 22.7 Å². The number of benzene rings is 1. The van der Waals surface area contributed by atoms with Crippen LogP contribution in [0.5, 0.6) is 5.75 Å². The maximum absolute atomic E-state index is 8.42. The summed E-state index contributed by atoms with van der Waals surface area (Å²) in [5.41, 5.74) is 8.13. The molecule has 1 fully saturated rings. The molecule has 0 radical (unpaired) electrons. The van der Waals surface area contributed by atoms with E-state index in [2.05, 4.69) is 33.6 Å². The van der Waals surface area contributed by atoms with Gasteiger partial charge in [0.25, 0.3) is 0 Å². The van der Waals surface area contributed by atoms with Crippen molar-refractivity contribution in [3.63, 3.8) is 0 Å². The molecule has 6 nitrogen and oxygen atoms in total. The van der Waals surface area contributed by atoms with Crippen molar-refractivity contribution in [2.45, 2.75) is 25.2 Å². The van der Waals surface area contributed by atoms with Crippen LogP contribution < -0.4 is 10.1 Å². The fourth-order valence-electron chi connectivity index (χ4n) is 4.49. The lowest BCUT2D eigenvalue weighted by molar-refractivity contribution is 0.415. The van der Waals surface area contributed by atoms with E-state index in [1.807, 2.05) is 22.9 Å². The molecule has 4 heterocycles. The number of rotatable bonds is 4. The molecule has 6 heteroatoms. The van der Waals surface area contributed by atoms with E-state index >= 15 is 0 Å². The molecule has 0 bridgehead atoms. The second-order valence-corrected chi connectivity index (χ2v) is 7.91. The summed E-state index contributed by atoms with van der Waals surface area (Å²) in [6, 6.07) is 12.4. The van der Waals surface area contributed by atoms with Gasteiger partial charge in [0, 0.05) is 37.7 Å². The molecular weight excluding hydrogens is 374 g/mol. The van der Waals surface area contributed by atoms with E-state index < -0.39 is 5.89 Å². The highest BCUT2D eigenvalue weighted by atomic mass is 16.5. The maximum Gasteiger partial charge on any atom is 0.147 e. The van der Waals surface area contributed by atoms with Gasteiger partial charge in [-0.2, -0.15) is 5.10 Å². The molecule has 150 valence electrons. The Balaban J connectivity index is 1.44. The Morgan fingerprint density at radius 3 is 2.87 bits per heavy atom. The number of methoxy groups -OCH3 is 1. The van der Waals surface area contributed by atoms with Crippen LogP contribution in [0.1, 0.15) is 30.5 Å². The molecule has 1 aliphatic heterocycles. The largest absolute Gasteiger partial charge is 0.494 e. The highest BCUT2D eigenvalue weighted by molar-refractivity contribution is 5.84. The zero-order valence-corrected chi connectivity index (χ0v) is 16.9. The summed E-state index contributed by atoms with van der Waals surface area (Å²) < 4.78 is 16.0. The molecule has 1 saturated heterocycles. The summed E-state index contributed by atoms with van der Waals surface area (Å²) in [6.07, 6.45) is 6.97. The van der Waals surface area contributed by atoms with E-state index in [9.17, 15) is 0 Å². The first-order chi connectivity index (χ1) is 15.2. The van der Waals surface area contributed by atoms with E-state index in [0.717, 1.165) is 52.3 Å². The maximum atomic E-state index is 8.42. The Morgan fingerprint density at radius 1 is 1.17 bits per heavy atom. The van der Waals surface area contributed by atoms with Crippen LogP contribution in [-0.2, 0) is 12.8 Å². The minimum Gasteiger partial charge on any atom is -0.494 e. The predicted molar refractivity (Wildman–Crippen MR) is 116 cm³/mol.